The average molecular weight is 330 g/mol. The second kappa shape index (κ2) is 4.85. The predicted molar refractivity (Wildman–Crippen MR) is 99.2 cm³/mol. The summed E-state index contributed by atoms with van der Waals surface area (Å²) in [5.41, 5.74) is 6.82. The van der Waals surface area contributed by atoms with Gasteiger partial charge in [-0.25, -0.2) is 0 Å². The molecule has 25 heavy (non-hydrogen) atoms. The van der Waals surface area contributed by atoms with Crippen molar-refractivity contribution in [2.75, 3.05) is 0 Å². The first-order valence-corrected chi connectivity index (χ1v) is 8.71. The number of furan rings is 1. The first kappa shape index (κ1) is 14.5. The van der Waals surface area contributed by atoms with Crippen LogP contribution in [0, 0.1) is 6.92 Å². The Labute approximate surface area is 146 Å². The van der Waals surface area contributed by atoms with E-state index in [1.54, 1.807) is 6.26 Å². The number of ether oxygens (including phenoxy) is 1. The van der Waals surface area contributed by atoms with E-state index in [9.17, 15) is 0 Å². The van der Waals surface area contributed by atoms with Gasteiger partial charge < -0.3 is 9.15 Å². The molecule has 5 rings (SSSR count). The summed E-state index contributed by atoms with van der Waals surface area (Å²) in [5.74, 6) is 2.15. The first-order valence-electron chi connectivity index (χ1n) is 8.71. The fraction of sp³-hybridized carbons (Fsp3) is 0.227. The number of fused-ring (bicyclic) bond motifs is 3. The molecule has 0 saturated heterocycles. The summed E-state index contributed by atoms with van der Waals surface area (Å²) in [6.45, 7) is 6.55. The van der Waals surface area contributed by atoms with Crippen LogP contribution in [0.2, 0.25) is 0 Å². The maximum atomic E-state index is 6.47. The topological polar surface area (TPSA) is 26.2 Å². The second-order valence-electron chi connectivity index (χ2n) is 7.15. The molecule has 2 aromatic carbocycles. The van der Waals surface area contributed by atoms with E-state index in [0.717, 1.165) is 33.9 Å². The minimum absolute atomic E-state index is 0.299. The van der Waals surface area contributed by atoms with Crippen LogP contribution in [0.1, 0.15) is 30.9 Å². The third-order valence-electron chi connectivity index (χ3n) is 5.29. The van der Waals surface area contributed by atoms with Gasteiger partial charge in [0.1, 0.15) is 12.8 Å². The number of benzene rings is 2. The normalized spacial score (nSPS) is 12.7. The standard InChI is InChI=1S/C22H20NO2/c1-12(2)17-21-15(10-11-24-21)23(4)20-18-13(3)8-9-14-6-5-7-16(19(14)18)25-22(17)20/h5-12H,1-4H3/q+1. The molecule has 0 saturated carbocycles. The fourth-order valence-electron chi connectivity index (χ4n) is 4.13. The van der Waals surface area contributed by atoms with Gasteiger partial charge in [-0.15, -0.1) is 0 Å². The molecule has 4 aromatic rings. The van der Waals surface area contributed by atoms with Crippen molar-refractivity contribution in [2.24, 2.45) is 7.05 Å². The summed E-state index contributed by atoms with van der Waals surface area (Å²) in [7, 11) is 2.09. The van der Waals surface area contributed by atoms with Gasteiger partial charge in [0.15, 0.2) is 0 Å². The number of aryl methyl sites for hydroxylation is 2. The quantitative estimate of drug-likeness (QED) is 0.373. The molecular formula is C22H20NO2+. The first-order chi connectivity index (χ1) is 12.1. The van der Waals surface area contributed by atoms with Crippen LogP contribution in [0.5, 0.6) is 11.5 Å². The molecule has 0 aliphatic carbocycles. The van der Waals surface area contributed by atoms with Crippen molar-refractivity contribution < 1.29 is 13.7 Å². The van der Waals surface area contributed by atoms with Gasteiger partial charge in [0, 0.05) is 11.5 Å². The lowest BCUT2D eigenvalue weighted by Gasteiger charge is -2.23. The van der Waals surface area contributed by atoms with E-state index in [-0.39, 0.29) is 0 Å². The molecule has 0 bridgehead atoms. The molecule has 2 aromatic heterocycles. The molecule has 0 N–H and O–H groups in total. The molecule has 0 fully saturated rings. The van der Waals surface area contributed by atoms with Crippen molar-refractivity contribution in [2.45, 2.75) is 26.7 Å². The van der Waals surface area contributed by atoms with Crippen LogP contribution >= 0.6 is 0 Å². The SMILES string of the molecule is Cc1ccc2cccc3c2c1-c1c(c(C(C)C)c2occc2[n+]1C)O3. The molecule has 3 heteroatoms. The lowest BCUT2D eigenvalue weighted by atomic mass is 9.90. The molecule has 0 spiro atoms. The van der Waals surface area contributed by atoms with Crippen molar-refractivity contribution in [1.82, 2.24) is 0 Å². The summed E-state index contributed by atoms with van der Waals surface area (Å²) in [6.07, 6.45) is 1.77. The Hall–Kier alpha value is -2.81. The summed E-state index contributed by atoms with van der Waals surface area (Å²) >= 11 is 0. The molecule has 1 aliphatic rings. The maximum Gasteiger partial charge on any atom is 0.257 e. The molecule has 0 atom stereocenters. The zero-order valence-corrected chi connectivity index (χ0v) is 14.9. The minimum atomic E-state index is 0.299. The van der Waals surface area contributed by atoms with Crippen LogP contribution in [0.4, 0.5) is 0 Å². The predicted octanol–water partition coefficient (Wildman–Crippen LogP) is 5.62. The summed E-state index contributed by atoms with van der Waals surface area (Å²) in [5, 5.41) is 2.41. The molecule has 3 nitrogen and oxygen atoms in total. The van der Waals surface area contributed by atoms with E-state index >= 15 is 0 Å². The van der Waals surface area contributed by atoms with Gasteiger partial charge in [-0.1, -0.05) is 38.1 Å². The Morgan fingerprint density at radius 1 is 1.04 bits per heavy atom. The van der Waals surface area contributed by atoms with Crippen molar-refractivity contribution in [3.8, 4) is 22.8 Å². The monoisotopic (exact) mass is 330 g/mol. The van der Waals surface area contributed by atoms with Crippen LogP contribution < -0.4 is 9.30 Å². The Morgan fingerprint density at radius 2 is 1.88 bits per heavy atom. The third kappa shape index (κ3) is 1.78. The number of aromatic nitrogens is 1. The van der Waals surface area contributed by atoms with E-state index in [4.69, 9.17) is 9.15 Å². The molecule has 124 valence electrons. The molecule has 0 unspecified atom stereocenters. The Bertz CT molecular complexity index is 1170. The van der Waals surface area contributed by atoms with Gasteiger partial charge in [0.2, 0.25) is 11.3 Å². The highest BCUT2D eigenvalue weighted by atomic mass is 16.5. The Morgan fingerprint density at radius 3 is 2.68 bits per heavy atom. The summed E-state index contributed by atoms with van der Waals surface area (Å²) < 4.78 is 14.5. The van der Waals surface area contributed by atoms with Gasteiger partial charge in [-0.05, 0) is 29.9 Å². The number of nitrogens with zero attached hydrogens (tertiary/aromatic N) is 1. The van der Waals surface area contributed by atoms with Crippen LogP contribution in [0.25, 0.3) is 33.1 Å². The zero-order chi connectivity index (χ0) is 17.3. The van der Waals surface area contributed by atoms with Crippen molar-refractivity contribution >= 4 is 21.9 Å². The van der Waals surface area contributed by atoms with E-state index in [1.807, 2.05) is 6.07 Å². The smallest absolute Gasteiger partial charge is 0.257 e. The minimum Gasteiger partial charge on any atom is -0.457 e. The van der Waals surface area contributed by atoms with Crippen molar-refractivity contribution in [3.05, 3.63) is 53.8 Å². The van der Waals surface area contributed by atoms with Crippen LogP contribution in [-0.4, -0.2) is 0 Å². The molecule has 1 aliphatic heterocycles. The van der Waals surface area contributed by atoms with E-state index in [0.29, 0.717) is 5.92 Å². The van der Waals surface area contributed by atoms with Crippen LogP contribution in [-0.2, 0) is 7.05 Å². The highest BCUT2D eigenvalue weighted by Crippen LogP contribution is 2.50. The van der Waals surface area contributed by atoms with Gasteiger partial charge >= 0.3 is 0 Å². The zero-order valence-electron chi connectivity index (χ0n) is 14.9. The number of hydrogen-bond donors (Lipinski definition) is 0. The maximum absolute atomic E-state index is 6.47. The number of hydrogen-bond acceptors (Lipinski definition) is 2. The van der Waals surface area contributed by atoms with Gasteiger partial charge in [-0.2, -0.15) is 4.57 Å². The van der Waals surface area contributed by atoms with Gasteiger partial charge in [0.05, 0.1) is 17.4 Å². The highest BCUT2D eigenvalue weighted by molar-refractivity contribution is 6.05. The van der Waals surface area contributed by atoms with Gasteiger partial charge in [0.25, 0.3) is 11.2 Å². The third-order valence-corrected chi connectivity index (χ3v) is 5.29. The number of pyridine rings is 1. The van der Waals surface area contributed by atoms with Crippen molar-refractivity contribution in [3.63, 3.8) is 0 Å². The van der Waals surface area contributed by atoms with Crippen LogP contribution in [0.3, 0.4) is 0 Å². The second-order valence-corrected chi connectivity index (χ2v) is 7.15. The summed E-state index contributed by atoms with van der Waals surface area (Å²) in [4.78, 5) is 0. The Kier molecular flexibility index (Phi) is 2.82. The highest BCUT2D eigenvalue weighted by Gasteiger charge is 2.35. The number of rotatable bonds is 1. The van der Waals surface area contributed by atoms with Crippen molar-refractivity contribution in [1.29, 1.82) is 0 Å². The average Bonchev–Trinajstić information content (AvgIpc) is 3.07. The lowest BCUT2D eigenvalue weighted by molar-refractivity contribution is -0.634. The molecule has 0 amide bonds. The Balaban J connectivity index is 2.05. The lowest BCUT2D eigenvalue weighted by Crippen LogP contribution is -2.34. The van der Waals surface area contributed by atoms with E-state index in [1.165, 1.54) is 21.9 Å². The van der Waals surface area contributed by atoms with Gasteiger partial charge in [-0.3, -0.25) is 0 Å². The van der Waals surface area contributed by atoms with E-state index in [2.05, 4.69) is 62.7 Å². The molecular weight excluding hydrogens is 310 g/mol. The largest absolute Gasteiger partial charge is 0.457 e. The summed E-state index contributed by atoms with van der Waals surface area (Å²) in [6, 6.07) is 12.7. The fourth-order valence-corrected chi connectivity index (χ4v) is 4.13. The van der Waals surface area contributed by atoms with Crippen LogP contribution in [0.15, 0.2) is 47.1 Å². The molecule has 0 radical (unpaired) electrons. The molecule has 3 heterocycles. The van der Waals surface area contributed by atoms with E-state index < -0.39 is 0 Å².